The molecule has 0 aliphatic heterocycles. The van der Waals surface area contributed by atoms with Crippen LogP contribution in [-0.2, 0) is 4.79 Å². The molecule has 0 heterocycles. The first-order chi connectivity index (χ1) is 14.9. The number of rotatable bonds is 9. The molecule has 166 valence electrons. The average molecular weight is 446 g/mol. The lowest BCUT2D eigenvalue weighted by Gasteiger charge is -2.15. The Labute approximate surface area is 187 Å². The fraction of sp³-hybridized carbons (Fsp3) is 0.318. The summed E-state index contributed by atoms with van der Waals surface area (Å²) in [6.07, 6.45) is 2.26. The van der Waals surface area contributed by atoms with Crippen molar-refractivity contribution in [3.8, 4) is 17.2 Å². The van der Waals surface area contributed by atoms with Crippen molar-refractivity contribution in [2.45, 2.75) is 26.2 Å². The third kappa shape index (κ3) is 6.85. The number of amides is 2. The molecule has 0 radical (unpaired) electrons. The lowest BCUT2D eigenvalue weighted by molar-refractivity contribution is -0.116. The molecule has 0 fully saturated rings. The van der Waals surface area contributed by atoms with Crippen LogP contribution in [0.15, 0.2) is 36.4 Å². The molecule has 2 aromatic carbocycles. The van der Waals surface area contributed by atoms with E-state index in [1.165, 1.54) is 33.5 Å². The van der Waals surface area contributed by atoms with Gasteiger partial charge in [-0.25, -0.2) is 0 Å². The van der Waals surface area contributed by atoms with E-state index in [1.807, 2.05) is 6.92 Å². The highest BCUT2D eigenvalue weighted by Crippen LogP contribution is 2.38. The Bertz CT molecular complexity index is 923. The second kappa shape index (κ2) is 11.8. The lowest BCUT2D eigenvalue weighted by atomic mass is 10.1. The minimum absolute atomic E-state index is 0.0442. The molecule has 0 saturated heterocycles. The summed E-state index contributed by atoms with van der Waals surface area (Å²) in [4.78, 5) is 24.6. The van der Waals surface area contributed by atoms with Crippen LogP contribution in [0.1, 0.15) is 36.5 Å². The van der Waals surface area contributed by atoms with E-state index in [-0.39, 0.29) is 16.6 Å². The number of anilines is 2. The van der Waals surface area contributed by atoms with Gasteiger partial charge in [-0.1, -0.05) is 19.4 Å². The van der Waals surface area contributed by atoms with Crippen LogP contribution in [0.3, 0.4) is 0 Å². The highest BCUT2D eigenvalue weighted by Gasteiger charge is 2.17. The molecule has 2 rings (SSSR count). The summed E-state index contributed by atoms with van der Waals surface area (Å²) in [5.41, 5.74) is 1.56. The largest absolute Gasteiger partial charge is 0.493 e. The normalized spacial score (nSPS) is 10.1. The Morgan fingerprint density at radius 2 is 1.55 bits per heavy atom. The molecular formula is C22H27N3O5S. The Balaban J connectivity index is 2.05. The Hall–Kier alpha value is -3.33. The second-order valence-corrected chi connectivity index (χ2v) is 6.96. The topological polar surface area (TPSA) is 97.9 Å². The third-order valence-corrected chi connectivity index (χ3v) is 4.52. The molecule has 31 heavy (non-hydrogen) atoms. The summed E-state index contributed by atoms with van der Waals surface area (Å²) in [7, 11) is 4.43. The smallest absolute Gasteiger partial charge is 0.257 e. The molecule has 0 aliphatic carbocycles. The van der Waals surface area contributed by atoms with Crippen molar-refractivity contribution >= 4 is 40.5 Å². The van der Waals surface area contributed by atoms with E-state index in [9.17, 15) is 9.59 Å². The maximum absolute atomic E-state index is 12.6. The van der Waals surface area contributed by atoms with Crippen molar-refractivity contribution in [1.82, 2.24) is 5.32 Å². The zero-order valence-electron chi connectivity index (χ0n) is 18.0. The Kier molecular flexibility index (Phi) is 9.08. The summed E-state index contributed by atoms with van der Waals surface area (Å²) in [6, 6.07) is 10.1. The summed E-state index contributed by atoms with van der Waals surface area (Å²) in [6.45, 7) is 2.03. The van der Waals surface area contributed by atoms with Gasteiger partial charge < -0.3 is 24.8 Å². The van der Waals surface area contributed by atoms with Gasteiger partial charge >= 0.3 is 0 Å². The van der Waals surface area contributed by atoms with Crippen LogP contribution in [0.2, 0.25) is 0 Å². The van der Waals surface area contributed by atoms with Gasteiger partial charge in [-0.3, -0.25) is 14.9 Å². The van der Waals surface area contributed by atoms with Crippen molar-refractivity contribution in [1.29, 1.82) is 0 Å². The molecule has 2 amide bonds. The van der Waals surface area contributed by atoms with Crippen LogP contribution in [0.4, 0.5) is 11.4 Å². The predicted octanol–water partition coefficient (Wildman–Crippen LogP) is 3.97. The van der Waals surface area contributed by atoms with Gasteiger partial charge in [0.2, 0.25) is 11.7 Å². The first-order valence-electron chi connectivity index (χ1n) is 9.74. The van der Waals surface area contributed by atoms with Crippen molar-refractivity contribution < 1.29 is 23.8 Å². The molecule has 0 spiro atoms. The maximum atomic E-state index is 12.6. The summed E-state index contributed by atoms with van der Waals surface area (Å²) >= 11 is 5.25. The highest BCUT2D eigenvalue weighted by molar-refractivity contribution is 7.80. The number of thiocarbonyl (C=S) groups is 1. The van der Waals surface area contributed by atoms with Gasteiger partial charge in [0.15, 0.2) is 16.6 Å². The summed E-state index contributed by atoms with van der Waals surface area (Å²) in [5.74, 6) is 0.618. The highest BCUT2D eigenvalue weighted by atomic mass is 32.1. The molecule has 9 heteroatoms. The minimum Gasteiger partial charge on any atom is -0.493 e. The van der Waals surface area contributed by atoms with Crippen LogP contribution >= 0.6 is 12.2 Å². The van der Waals surface area contributed by atoms with Crippen molar-refractivity contribution in [2.75, 3.05) is 32.0 Å². The van der Waals surface area contributed by atoms with Gasteiger partial charge in [0.05, 0.1) is 21.3 Å². The van der Waals surface area contributed by atoms with E-state index < -0.39 is 5.91 Å². The number of carbonyl (C=O) groups excluding carboxylic acids is 2. The molecule has 0 aromatic heterocycles. The van der Waals surface area contributed by atoms with Crippen LogP contribution in [0.25, 0.3) is 0 Å². The first-order valence-corrected chi connectivity index (χ1v) is 10.1. The third-order valence-electron chi connectivity index (χ3n) is 4.32. The fourth-order valence-electron chi connectivity index (χ4n) is 2.79. The van der Waals surface area contributed by atoms with E-state index in [0.29, 0.717) is 35.0 Å². The maximum Gasteiger partial charge on any atom is 0.257 e. The van der Waals surface area contributed by atoms with Gasteiger partial charge in [-0.2, -0.15) is 0 Å². The number of ether oxygens (including phenoxy) is 3. The Morgan fingerprint density at radius 3 is 2.10 bits per heavy atom. The van der Waals surface area contributed by atoms with Crippen LogP contribution < -0.4 is 30.2 Å². The number of carbonyl (C=O) groups is 2. The fourth-order valence-corrected chi connectivity index (χ4v) is 3.00. The monoisotopic (exact) mass is 445 g/mol. The minimum atomic E-state index is -0.444. The van der Waals surface area contributed by atoms with Crippen molar-refractivity contribution in [3.63, 3.8) is 0 Å². The number of benzene rings is 2. The molecule has 0 atom stereocenters. The standard InChI is InChI=1S/C22H27N3O5S/c1-5-6-10-19(26)23-15-8-7-9-16(13-15)24-22(31)25-21(27)14-11-17(28-2)20(30-4)18(12-14)29-3/h7-9,11-13H,5-6,10H2,1-4H3,(H,23,26)(H2,24,25,27,31). The Morgan fingerprint density at radius 1 is 0.935 bits per heavy atom. The molecule has 0 aliphatic rings. The first kappa shape index (κ1) is 23.9. The van der Waals surface area contributed by atoms with Gasteiger partial charge in [0.1, 0.15) is 0 Å². The molecule has 2 aromatic rings. The summed E-state index contributed by atoms with van der Waals surface area (Å²) in [5, 5.41) is 8.50. The van der Waals surface area contributed by atoms with Crippen LogP contribution in [0.5, 0.6) is 17.2 Å². The molecule has 3 N–H and O–H groups in total. The van der Waals surface area contributed by atoms with Gasteiger partial charge in [-0.15, -0.1) is 0 Å². The van der Waals surface area contributed by atoms with E-state index in [0.717, 1.165) is 12.8 Å². The molecule has 0 saturated carbocycles. The van der Waals surface area contributed by atoms with E-state index in [2.05, 4.69) is 16.0 Å². The molecule has 0 unspecified atom stereocenters. The van der Waals surface area contributed by atoms with E-state index in [1.54, 1.807) is 24.3 Å². The SMILES string of the molecule is CCCCC(=O)Nc1cccc(NC(=S)NC(=O)c2cc(OC)c(OC)c(OC)c2)c1. The van der Waals surface area contributed by atoms with Gasteiger partial charge in [0, 0.05) is 23.4 Å². The number of hydrogen-bond donors (Lipinski definition) is 3. The molecule has 8 nitrogen and oxygen atoms in total. The van der Waals surface area contributed by atoms with Crippen LogP contribution in [0, 0.1) is 0 Å². The van der Waals surface area contributed by atoms with Crippen molar-refractivity contribution in [3.05, 3.63) is 42.0 Å². The summed E-state index contributed by atoms with van der Waals surface area (Å²) < 4.78 is 15.8. The predicted molar refractivity (Wildman–Crippen MR) is 124 cm³/mol. The van der Waals surface area contributed by atoms with Crippen molar-refractivity contribution in [2.24, 2.45) is 0 Å². The van der Waals surface area contributed by atoms with Gasteiger partial charge in [-0.05, 0) is 49.0 Å². The van der Waals surface area contributed by atoms with Gasteiger partial charge in [0.25, 0.3) is 5.91 Å². The van der Waals surface area contributed by atoms with E-state index in [4.69, 9.17) is 26.4 Å². The van der Waals surface area contributed by atoms with E-state index >= 15 is 0 Å². The molecule has 0 bridgehead atoms. The number of unbranched alkanes of at least 4 members (excludes halogenated alkanes) is 1. The number of hydrogen-bond acceptors (Lipinski definition) is 6. The number of methoxy groups -OCH3 is 3. The lowest BCUT2D eigenvalue weighted by Crippen LogP contribution is -2.34. The molecular weight excluding hydrogens is 418 g/mol. The average Bonchev–Trinajstić information content (AvgIpc) is 2.76. The zero-order chi connectivity index (χ0) is 22.8. The zero-order valence-corrected chi connectivity index (χ0v) is 18.9. The second-order valence-electron chi connectivity index (χ2n) is 6.55. The van der Waals surface area contributed by atoms with Crippen LogP contribution in [-0.4, -0.2) is 38.3 Å². The quantitative estimate of drug-likeness (QED) is 0.503. The number of nitrogens with one attached hydrogen (secondary N) is 3.